The Morgan fingerprint density at radius 3 is 2.04 bits per heavy atom. The number of thiocarbonyl (C=S) groups is 1. The molecule has 0 unspecified atom stereocenters. The van der Waals surface area contributed by atoms with Crippen LogP contribution in [0.4, 0.5) is 5.69 Å². The summed E-state index contributed by atoms with van der Waals surface area (Å²) in [5.74, 6) is 6.70. The monoisotopic (exact) mass is 381 g/mol. The second kappa shape index (κ2) is 8.36. The summed E-state index contributed by atoms with van der Waals surface area (Å²) >= 11 is 4.71. The molecule has 0 N–H and O–H groups in total. The highest BCUT2D eigenvalue weighted by molar-refractivity contribution is 7.78. The van der Waals surface area contributed by atoms with Gasteiger partial charge in [0.05, 0.1) is 10.8 Å². The molecule has 28 heavy (non-hydrogen) atoms. The first-order valence-corrected chi connectivity index (χ1v) is 9.69. The number of rotatable bonds is 2. The van der Waals surface area contributed by atoms with E-state index in [4.69, 9.17) is 12.2 Å². The van der Waals surface area contributed by atoms with Gasteiger partial charge in [-0.3, -0.25) is 0 Å². The van der Waals surface area contributed by atoms with E-state index in [1.54, 1.807) is 0 Å². The molecular formula is C26H23NS. The Balaban J connectivity index is 1.95. The van der Waals surface area contributed by atoms with Crippen molar-refractivity contribution in [1.29, 1.82) is 0 Å². The average molecular weight is 382 g/mol. The SMILES string of the molecule is Cc1cc(C)c(C#Cc2ccc(-c3ccc(N=C=S)c(C)c3)c(C)c2)c(C)c1. The van der Waals surface area contributed by atoms with Gasteiger partial charge < -0.3 is 0 Å². The zero-order valence-corrected chi connectivity index (χ0v) is 17.8. The molecule has 0 heterocycles. The van der Waals surface area contributed by atoms with Crippen molar-refractivity contribution in [3.05, 3.63) is 87.5 Å². The van der Waals surface area contributed by atoms with Crippen molar-refractivity contribution in [3.8, 4) is 23.0 Å². The standard InChI is InChI=1S/C26H23NS/c1-17-12-18(2)24(19(3)13-17)9-6-22-7-10-25(20(4)14-22)23-8-11-26(27-16-28)21(5)15-23/h7-8,10-15H,1-5H3. The van der Waals surface area contributed by atoms with E-state index >= 15 is 0 Å². The average Bonchev–Trinajstić information content (AvgIpc) is 2.63. The number of hydrogen-bond donors (Lipinski definition) is 0. The molecule has 0 radical (unpaired) electrons. The van der Waals surface area contributed by atoms with Gasteiger partial charge in [0.25, 0.3) is 0 Å². The molecule has 0 aromatic heterocycles. The Kier molecular flexibility index (Phi) is 5.90. The van der Waals surface area contributed by atoms with Crippen LogP contribution in [-0.4, -0.2) is 5.16 Å². The van der Waals surface area contributed by atoms with Crippen molar-refractivity contribution in [1.82, 2.24) is 0 Å². The van der Waals surface area contributed by atoms with Crippen LogP contribution < -0.4 is 0 Å². The zero-order chi connectivity index (χ0) is 20.3. The van der Waals surface area contributed by atoms with Crippen LogP contribution in [0.2, 0.25) is 0 Å². The smallest absolute Gasteiger partial charge is 0.0769 e. The van der Waals surface area contributed by atoms with Crippen molar-refractivity contribution in [3.63, 3.8) is 0 Å². The maximum Gasteiger partial charge on any atom is 0.0769 e. The first-order valence-electron chi connectivity index (χ1n) is 9.28. The molecule has 0 aliphatic carbocycles. The van der Waals surface area contributed by atoms with Gasteiger partial charge in [0, 0.05) is 11.1 Å². The van der Waals surface area contributed by atoms with Gasteiger partial charge in [0.1, 0.15) is 0 Å². The van der Waals surface area contributed by atoms with Crippen LogP contribution >= 0.6 is 12.2 Å². The molecule has 2 heteroatoms. The lowest BCUT2D eigenvalue weighted by molar-refractivity contribution is 1.30. The fourth-order valence-electron chi connectivity index (χ4n) is 3.57. The van der Waals surface area contributed by atoms with Crippen LogP contribution in [0.3, 0.4) is 0 Å². The van der Waals surface area contributed by atoms with Gasteiger partial charge in [-0.05, 0) is 104 Å². The van der Waals surface area contributed by atoms with Crippen LogP contribution in [0.15, 0.2) is 53.5 Å². The van der Waals surface area contributed by atoms with E-state index in [0.29, 0.717) is 0 Å². The van der Waals surface area contributed by atoms with Gasteiger partial charge in [-0.2, -0.15) is 4.99 Å². The summed E-state index contributed by atoms with van der Waals surface area (Å²) in [4.78, 5) is 4.10. The molecule has 3 aromatic rings. The number of benzene rings is 3. The van der Waals surface area contributed by atoms with Crippen molar-refractivity contribution >= 4 is 23.1 Å². The number of nitrogens with zero attached hydrogens (tertiary/aromatic N) is 1. The summed E-state index contributed by atoms with van der Waals surface area (Å²) in [7, 11) is 0. The summed E-state index contributed by atoms with van der Waals surface area (Å²) < 4.78 is 0. The van der Waals surface area contributed by atoms with Gasteiger partial charge in [-0.1, -0.05) is 41.7 Å². The second-order valence-electron chi connectivity index (χ2n) is 7.26. The maximum absolute atomic E-state index is 4.71. The highest BCUT2D eigenvalue weighted by Crippen LogP contribution is 2.29. The highest BCUT2D eigenvalue weighted by atomic mass is 32.1. The van der Waals surface area contributed by atoms with Gasteiger partial charge in [-0.25, -0.2) is 0 Å². The molecule has 0 aliphatic rings. The van der Waals surface area contributed by atoms with Crippen LogP contribution in [0.1, 0.15) is 38.9 Å². The topological polar surface area (TPSA) is 12.4 Å². The third-order valence-electron chi connectivity index (χ3n) is 4.91. The minimum absolute atomic E-state index is 0.864. The maximum atomic E-state index is 4.71. The molecule has 0 amide bonds. The number of isothiocyanates is 1. The van der Waals surface area contributed by atoms with Crippen LogP contribution in [-0.2, 0) is 0 Å². The van der Waals surface area contributed by atoms with Gasteiger partial charge in [0.2, 0.25) is 0 Å². The summed E-state index contributed by atoms with van der Waals surface area (Å²) in [6.45, 7) is 10.5. The summed E-state index contributed by atoms with van der Waals surface area (Å²) in [6, 6.07) is 17.0. The van der Waals surface area contributed by atoms with Crippen molar-refractivity contribution in [2.24, 2.45) is 4.99 Å². The molecule has 0 saturated carbocycles. The minimum Gasteiger partial charge on any atom is -0.194 e. The lowest BCUT2D eigenvalue weighted by Crippen LogP contribution is -1.90. The van der Waals surface area contributed by atoms with E-state index in [2.05, 4.69) is 92.2 Å². The zero-order valence-electron chi connectivity index (χ0n) is 17.0. The van der Waals surface area contributed by atoms with E-state index in [1.807, 2.05) is 13.0 Å². The van der Waals surface area contributed by atoms with E-state index in [0.717, 1.165) is 22.4 Å². The first-order chi connectivity index (χ1) is 13.4. The first kappa shape index (κ1) is 19.8. The number of hydrogen-bond acceptors (Lipinski definition) is 2. The largest absolute Gasteiger partial charge is 0.194 e. The Bertz CT molecular complexity index is 1150. The van der Waals surface area contributed by atoms with Crippen molar-refractivity contribution in [2.45, 2.75) is 34.6 Å². The quantitative estimate of drug-likeness (QED) is 0.264. The second-order valence-corrected chi connectivity index (χ2v) is 7.44. The number of aryl methyl sites for hydroxylation is 5. The molecule has 0 saturated heterocycles. The molecule has 0 spiro atoms. The van der Waals surface area contributed by atoms with E-state index in [1.165, 1.54) is 33.4 Å². The number of aliphatic imine (C=N–C) groups is 1. The van der Waals surface area contributed by atoms with E-state index in [-0.39, 0.29) is 0 Å². The third-order valence-corrected chi connectivity index (χ3v) is 5.00. The Morgan fingerprint density at radius 1 is 0.714 bits per heavy atom. The fraction of sp³-hybridized carbons (Fsp3) is 0.192. The summed E-state index contributed by atoms with van der Waals surface area (Å²) in [5, 5.41) is 2.43. The van der Waals surface area contributed by atoms with Gasteiger partial charge in [-0.15, -0.1) is 0 Å². The van der Waals surface area contributed by atoms with Crippen molar-refractivity contribution in [2.75, 3.05) is 0 Å². The molecule has 138 valence electrons. The molecule has 0 atom stereocenters. The Hall–Kier alpha value is -2.98. The fourth-order valence-corrected chi connectivity index (χ4v) is 3.67. The molecular weight excluding hydrogens is 358 g/mol. The minimum atomic E-state index is 0.864. The molecule has 0 fully saturated rings. The molecule has 1 nitrogen and oxygen atoms in total. The van der Waals surface area contributed by atoms with Gasteiger partial charge in [0.15, 0.2) is 0 Å². The van der Waals surface area contributed by atoms with Crippen LogP contribution in [0, 0.1) is 46.5 Å². The molecule has 0 bridgehead atoms. The molecule has 3 rings (SSSR count). The molecule has 3 aromatic carbocycles. The van der Waals surface area contributed by atoms with E-state index in [9.17, 15) is 0 Å². The predicted octanol–water partition coefficient (Wildman–Crippen LogP) is 7.03. The molecule has 0 aliphatic heterocycles. The normalized spacial score (nSPS) is 10.0. The van der Waals surface area contributed by atoms with Crippen molar-refractivity contribution < 1.29 is 0 Å². The lowest BCUT2D eigenvalue weighted by atomic mass is 9.96. The van der Waals surface area contributed by atoms with Gasteiger partial charge >= 0.3 is 0 Å². The predicted molar refractivity (Wildman–Crippen MR) is 123 cm³/mol. The third kappa shape index (κ3) is 4.29. The summed E-state index contributed by atoms with van der Waals surface area (Å²) in [6.07, 6.45) is 0. The van der Waals surface area contributed by atoms with Crippen LogP contribution in [0.5, 0.6) is 0 Å². The van der Waals surface area contributed by atoms with E-state index < -0.39 is 0 Å². The summed E-state index contributed by atoms with van der Waals surface area (Å²) in [5.41, 5.74) is 11.4. The Labute approximate surface area is 173 Å². The highest BCUT2D eigenvalue weighted by Gasteiger charge is 2.06. The van der Waals surface area contributed by atoms with Crippen LogP contribution in [0.25, 0.3) is 11.1 Å². The lowest BCUT2D eigenvalue weighted by Gasteiger charge is -2.09. The Morgan fingerprint density at radius 2 is 1.43 bits per heavy atom.